The largest absolute Gasteiger partial charge is 0.379 e. The molecule has 2 atom stereocenters. The maximum atomic E-state index is 12.4. The van der Waals surface area contributed by atoms with E-state index in [9.17, 15) is 16.8 Å². The summed E-state index contributed by atoms with van der Waals surface area (Å²) < 4.78 is 57.8. The lowest BCUT2D eigenvalue weighted by molar-refractivity contribution is 0.185. The summed E-state index contributed by atoms with van der Waals surface area (Å²) in [6, 6.07) is 5.93. The minimum atomic E-state index is -3.71. The first-order chi connectivity index (χ1) is 10.6. The number of nitrogens with zero attached hydrogens (tertiary/aromatic N) is 1. The van der Waals surface area contributed by atoms with Crippen LogP contribution in [0.15, 0.2) is 29.2 Å². The van der Waals surface area contributed by atoms with Crippen LogP contribution < -0.4 is 4.72 Å². The molecule has 1 aliphatic rings. The van der Waals surface area contributed by atoms with E-state index < -0.39 is 32.0 Å². The van der Waals surface area contributed by atoms with Gasteiger partial charge in [0.05, 0.1) is 29.9 Å². The first-order valence-corrected chi connectivity index (χ1v) is 10.3. The molecule has 1 aromatic rings. The van der Waals surface area contributed by atoms with E-state index in [0.717, 1.165) is 9.87 Å². The monoisotopic (exact) mass is 362 g/mol. The van der Waals surface area contributed by atoms with E-state index in [1.165, 1.54) is 26.2 Å². The Hall–Kier alpha value is -1.00. The lowest BCUT2D eigenvalue weighted by Gasteiger charge is -2.21. The Morgan fingerprint density at radius 3 is 2.30 bits per heavy atom. The van der Waals surface area contributed by atoms with Crippen LogP contribution in [0.1, 0.15) is 5.56 Å². The highest BCUT2D eigenvalue weighted by atomic mass is 32.2. The standard InChI is InChI=1S/C14H22N2O5S2/c1-11-4-6-13(7-5-11)23(19,20)15-14-9-21-8-12(14)10-22(17,18)16(2)3/h4-7,12,14-15H,8-10H2,1-3H3/t12-,14+/m0/s1. The van der Waals surface area contributed by atoms with Crippen molar-refractivity contribution in [2.45, 2.75) is 17.9 Å². The second kappa shape index (κ2) is 6.86. The smallest absolute Gasteiger partial charge is 0.240 e. The Labute approximate surface area is 137 Å². The molecule has 0 saturated carbocycles. The van der Waals surface area contributed by atoms with E-state index in [2.05, 4.69) is 4.72 Å². The van der Waals surface area contributed by atoms with Crippen molar-refractivity contribution in [3.63, 3.8) is 0 Å². The van der Waals surface area contributed by atoms with Crippen molar-refractivity contribution >= 4 is 20.0 Å². The van der Waals surface area contributed by atoms with E-state index >= 15 is 0 Å². The van der Waals surface area contributed by atoms with E-state index in [1.807, 2.05) is 6.92 Å². The fourth-order valence-electron chi connectivity index (χ4n) is 2.30. The molecule has 0 amide bonds. The summed E-state index contributed by atoms with van der Waals surface area (Å²) in [5.41, 5.74) is 0.961. The molecular weight excluding hydrogens is 340 g/mol. The molecule has 0 aromatic heterocycles. The van der Waals surface area contributed by atoms with E-state index in [0.29, 0.717) is 0 Å². The lowest BCUT2D eigenvalue weighted by atomic mass is 10.1. The normalized spacial score (nSPS) is 22.6. The van der Waals surface area contributed by atoms with E-state index in [-0.39, 0.29) is 23.9 Å². The maximum absolute atomic E-state index is 12.4. The van der Waals surface area contributed by atoms with Gasteiger partial charge in [-0.25, -0.2) is 25.9 Å². The Morgan fingerprint density at radius 2 is 1.74 bits per heavy atom. The lowest BCUT2D eigenvalue weighted by Crippen LogP contribution is -2.43. The van der Waals surface area contributed by atoms with Crippen LogP contribution >= 0.6 is 0 Å². The van der Waals surface area contributed by atoms with Crippen molar-refractivity contribution in [2.24, 2.45) is 5.92 Å². The summed E-state index contributed by atoms with van der Waals surface area (Å²) in [6.45, 7) is 2.25. The van der Waals surface area contributed by atoms with Crippen LogP contribution in [0.4, 0.5) is 0 Å². The van der Waals surface area contributed by atoms with Crippen molar-refractivity contribution in [1.29, 1.82) is 0 Å². The van der Waals surface area contributed by atoms with Crippen molar-refractivity contribution in [2.75, 3.05) is 33.1 Å². The third-order valence-corrected chi connectivity index (χ3v) is 7.29. The number of ether oxygens (including phenoxy) is 1. The van der Waals surface area contributed by atoms with Crippen LogP contribution in [-0.4, -0.2) is 60.2 Å². The molecule has 7 nitrogen and oxygen atoms in total. The molecule has 23 heavy (non-hydrogen) atoms. The van der Waals surface area contributed by atoms with Crippen molar-refractivity contribution in [3.8, 4) is 0 Å². The van der Waals surface area contributed by atoms with E-state index in [4.69, 9.17) is 4.74 Å². The van der Waals surface area contributed by atoms with E-state index in [1.54, 1.807) is 12.1 Å². The highest BCUT2D eigenvalue weighted by molar-refractivity contribution is 7.89. The summed E-state index contributed by atoms with van der Waals surface area (Å²) in [7, 11) is -4.22. The van der Waals surface area contributed by atoms with Gasteiger partial charge in [0.2, 0.25) is 20.0 Å². The molecule has 130 valence electrons. The molecule has 1 saturated heterocycles. The number of hydrogen-bond donors (Lipinski definition) is 1. The highest BCUT2D eigenvalue weighted by Crippen LogP contribution is 2.20. The average molecular weight is 362 g/mol. The minimum absolute atomic E-state index is 0.152. The van der Waals surface area contributed by atoms with Crippen LogP contribution in [0, 0.1) is 12.8 Å². The second-order valence-electron chi connectivity index (χ2n) is 5.90. The molecule has 2 rings (SSSR count). The summed E-state index contributed by atoms with van der Waals surface area (Å²) in [6.07, 6.45) is 0. The summed E-state index contributed by atoms with van der Waals surface area (Å²) in [5, 5.41) is 0. The van der Waals surface area contributed by atoms with Crippen molar-refractivity contribution < 1.29 is 21.6 Å². The Balaban J connectivity index is 2.13. The molecule has 1 heterocycles. The van der Waals surface area contributed by atoms with Crippen LogP contribution in [0.25, 0.3) is 0 Å². The number of rotatable bonds is 6. The number of nitrogens with one attached hydrogen (secondary N) is 1. The molecule has 0 spiro atoms. The predicted octanol–water partition coefficient (Wildman–Crippen LogP) is 0.180. The molecule has 0 bridgehead atoms. The number of sulfonamides is 2. The number of benzene rings is 1. The van der Waals surface area contributed by atoms with Gasteiger partial charge in [-0.15, -0.1) is 0 Å². The van der Waals surface area contributed by atoms with Gasteiger partial charge < -0.3 is 4.74 Å². The third-order valence-electron chi connectivity index (χ3n) is 3.82. The molecule has 1 N–H and O–H groups in total. The van der Waals surface area contributed by atoms with Gasteiger partial charge in [-0.1, -0.05) is 17.7 Å². The average Bonchev–Trinajstić information content (AvgIpc) is 2.85. The Bertz CT molecular complexity index is 742. The first-order valence-electron chi connectivity index (χ1n) is 7.19. The van der Waals surface area contributed by atoms with Gasteiger partial charge in [-0.2, -0.15) is 0 Å². The fraction of sp³-hybridized carbons (Fsp3) is 0.571. The van der Waals surface area contributed by atoms with Crippen molar-refractivity contribution in [1.82, 2.24) is 9.03 Å². The molecule has 1 aromatic carbocycles. The minimum Gasteiger partial charge on any atom is -0.379 e. The molecule has 1 aliphatic heterocycles. The van der Waals surface area contributed by atoms with Gasteiger partial charge in [-0.05, 0) is 19.1 Å². The molecule has 9 heteroatoms. The molecular formula is C14H22N2O5S2. The van der Waals surface area contributed by atoms with Crippen LogP contribution in [-0.2, 0) is 24.8 Å². The Kier molecular flexibility index (Phi) is 5.47. The predicted molar refractivity (Wildman–Crippen MR) is 87.1 cm³/mol. The van der Waals surface area contributed by atoms with Gasteiger partial charge in [0, 0.05) is 20.0 Å². The first kappa shape index (κ1) is 18.3. The van der Waals surface area contributed by atoms with Gasteiger partial charge in [0.15, 0.2) is 0 Å². The van der Waals surface area contributed by atoms with Crippen LogP contribution in [0.5, 0.6) is 0 Å². The number of aryl methyl sites for hydroxylation is 1. The van der Waals surface area contributed by atoms with Gasteiger partial charge in [-0.3, -0.25) is 0 Å². The molecule has 1 fully saturated rings. The zero-order valence-electron chi connectivity index (χ0n) is 13.4. The third kappa shape index (κ3) is 4.51. The zero-order valence-corrected chi connectivity index (χ0v) is 15.0. The molecule has 0 aliphatic carbocycles. The quantitative estimate of drug-likeness (QED) is 0.779. The van der Waals surface area contributed by atoms with Gasteiger partial charge in [0.1, 0.15) is 0 Å². The fourth-order valence-corrected chi connectivity index (χ4v) is 4.75. The highest BCUT2D eigenvalue weighted by Gasteiger charge is 2.35. The summed E-state index contributed by atoms with van der Waals surface area (Å²) >= 11 is 0. The summed E-state index contributed by atoms with van der Waals surface area (Å²) in [4.78, 5) is 0.157. The maximum Gasteiger partial charge on any atom is 0.240 e. The Morgan fingerprint density at radius 1 is 1.13 bits per heavy atom. The van der Waals surface area contributed by atoms with Crippen LogP contribution in [0.3, 0.4) is 0 Å². The van der Waals surface area contributed by atoms with Gasteiger partial charge >= 0.3 is 0 Å². The molecule has 0 radical (unpaired) electrons. The van der Waals surface area contributed by atoms with Gasteiger partial charge in [0.25, 0.3) is 0 Å². The summed E-state index contributed by atoms with van der Waals surface area (Å²) in [5.74, 6) is -0.566. The van der Waals surface area contributed by atoms with Crippen LogP contribution in [0.2, 0.25) is 0 Å². The SMILES string of the molecule is Cc1ccc(S(=O)(=O)N[C@@H]2COC[C@H]2CS(=O)(=O)N(C)C)cc1. The second-order valence-corrected chi connectivity index (χ2v) is 9.84. The molecule has 0 unspecified atom stereocenters. The zero-order chi connectivity index (χ0) is 17.3. The van der Waals surface area contributed by atoms with Crippen molar-refractivity contribution in [3.05, 3.63) is 29.8 Å². The topological polar surface area (TPSA) is 92.8 Å². The number of hydrogen-bond acceptors (Lipinski definition) is 5.